The van der Waals surface area contributed by atoms with Gasteiger partial charge in [0.25, 0.3) is 0 Å². The Balaban J connectivity index is 2.17. The van der Waals surface area contributed by atoms with E-state index in [1.807, 2.05) is 18.4 Å². The first-order chi connectivity index (χ1) is 10.0. The molecule has 8 heteroatoms. The first-order valence-corrected chi connectivity index (χ1v) is 7.54. The number of aryl methyl sites for hydroxylation is 1. The van der Waals surface area contributed by atoms with Crippen LogP contribution < -0.4 is 4.74 Å². The molecule has 0 unspecified atom stereocenters. The molecule has 1 aromatic carbocycles. The van der Waals surface area contributed by atoms with Crippen LogP contribution in [-0.2, 0) is 0 Å². The van der Waals surface area contributed by atoms with Crippen LogP contribution in [0.5, 0.6) is 5.88 Å². The number of halogens is 3. The van der Waals surface area contributed by atoms with Crippen molar-refractivity contribution in [2.45, 2.75) is 13.5 Å². The van der Waals surface area contributed by atoms with Crippen LogP contribution in [0.1, 0.15) is 5.56 Å². The summed E-state index contributed by atoms with van der Waals surface area (Å²) in [4.78, 5) is 12.6. The van der Waals surface area contributed by atoms with Gasteiger partial charge in [0.15, 0.2) is 0 Å². The number of nitrogens with zero attached hydrogens (tertiary/aromatic N) is 3. The minimum absolute atomic E-state index is 0.200. The highest BCUT2D eigenvalue weighted by molar-refractivity contribution is 9.10. The SMILES string of the molecule is Cc1cc(-c2nc(Br)cs2)c2ncc(OC(F)F)nc2c1. The standard InChI is InChI=1S/C13H8BrF2N3OS/c1-6-2-7(12-19-9(14)5-21-12)11-8(3-6)18-10(4-17-11)20-13(15)16/h2-5,13H,1H3. The maximum Gasteiger partial charge on any atom is 0.388 e. The zero-order valence-electron chi connectivity index (χ0n) is 10.7. The third-order valence-electron chi connectivity index (χ3n) is 2.69. The lowest BCUT2D eigenvalue weighted by Gasteiger charge is -2.07. The van der Waals surface area contributed by atoms with Gasteiger partial charge in [-0.15, -0.1) is 11.3 Å². The van der Waals surface area contributed by atoms with Crippen molar-refractivity contribution in [2.24, 2.45) is 0 Å². The Morgan fingerprint density at radius 1 is 1.29 bits per heavy atom. The van der Waals surface area contributed by atoms with Crippen molar-refractivity contribution in [1.29, 1.82) is 0 Å². The zero-order valence-corrected chi connectivity index (χ0v) is 13.1. The van der Waals surface area contributed by atoms with Crippen molar-refractivity contribution < 1.29 is 13.5 Å². The average molecular weight is 372 g/mol. The number of thiazole rings is 1. The lowest BCUT2D eigenvalue weighted by molar-refractivity contribution is -0.0528. The van der Waals surface area contributed by atoms with E-state index in [-0.39, 0.29) is 5.88 Å². The van der Waals surface area contributed by atoms with Crippen molar-refractivity contribution in [2.75, 3.05) is 0 Å². The van der Waals surface area contributed by atoms with Crippen LogP contribution in [0.2, 0.25) is 0 Å². The lowest BCUT2D eigenvalue weighted by atomic mass is 10.1. The van der Waals surface area contributed by atoms with Gasteiger partial charge in [-0.25, -0.2) is 15.0 Å². The molecule has 3 aromatic rings. The van der Waals surface area contributed by atoms with Gasteiger partial charge in [-0.3, -0.25) is 0 Å². The number of ether oxygens (including phenoxy) is 1. The van der Waals surface area contributed by atoms with Crippen molar-refractivity contribution in [3.8, 4) is 16.5 Å². The molecule has 0 radical (unpaired) electrons. The minimum atomic E-state index is -2.92. The van der Waals surface area contributed by atoms with E-state index < -0.39 is 6.61 Å². The van der Waals surface area contributed by atoms with Gasteiger partial charge < -0.3 is 4.74 Å². The molecule has 0 aliphatic heterocycles. The summed E-state index contributed by atoms with van der Waals surface area (Å²) in [5.41, 5.74) is 2.85. The maximum absolute atomic E-state index is 12.2. The molecule has 2 aromatic heterocycles. The van der Waals surface area contributed by atoms with Crippen LogP contribution >= 0.6 is 27.3 Å². The lowest BCUT2D eigenvalue weighted by Crippen LogP contribution is -2.04. The van der Waals surface area contributed by atoms with E-state index in [2.05, 4.69) is 35.6 Å². The molecule has 0 aliphatic carbocycles. The quantitative estimate of drug-likeness (QED) is 0.683. The molecule has 0 saturated carbocycles. The number of alkyl halides is 2. The highest BCUT2D eigenvalue weighted by Crippen LogP contribution is 2.32. The van der Waals surface area contributed by atoms with E-state index in [1.165, 1.54) is 17.5 Å². The Labute approximate surface area is 131 Å². The second-order valence-corrected chi connectivity index (χ2v) is 5.91. The van der Waals surface area contributed by atoms with Gasteiger partial charge in [0.1, 0.15) is 9.61 Å². The van der Waals surface area contributed by atoms with Crippen LogP contribution in [0.15, 0.2) is 28.3 Å². The van der Waals surface area contributed by atoms with E-state index >= 15 is 0 Å². The van der Waals surface area contributed by atoms with E-state index in [1.54, 1.807) is 6.07 Å². The van der Waals surface area contributed by atoms with Crippen molar-refractivity contribution >= 4 is 38.3 Å². The largest absolute Gasteiger partial charge is 0.415 e. The molecule has 21 heavy (non-hydrogen) atoms. The van der Waals surface area contributed by atoms with E-state index in [4.69, 9.17) is 0 Å². The van der Waals surface area contributed by atoms with Crippen LogP contribution in [0.3, 0.4) is 0 Å². The predicted octanol–water partition coefficient (Wildman–Crippen LogP) is 4.43. The van der Waals surface area contributed by atoms with Crippen molar-refractivity contribution in [3.05, 3.63) is 33.9 Å². The van der Waals surface area contributed by atoms with Gasteiger partial charge in [0, 0.05) is 10.9 Å². The average Bonchev–Trinajstić information content (AvgIpc) is 2.83. The highest BCUT2D eigenvalue weighted by Gasteiger charge is 2.13. The molecule has 4 nitrogen and oxygen atoms in total. The van der Waals surface area contributed by atoms with Crippen molar-refractivity contribution in [3.63, 3.8) is 0 Å². The van der Waals surface area contributed by atoms with Gasteiger partial charge in [0.2, 0.25) is 5.88 Å². The summed E-state index contributed by atoms with van der Waals surface area (Å²) >= 11 is 4.77. The van der Waals surface area contributed by atoms with Crippen LogP contribution in [0, 0.1) is 6.92 Å². The number of hydrogen-bond acceptors (Lipinski definition) is 5. The summed E-state index contributed by atoms with van der Waals surface area (Å²) in [6, 6.07) is 3.71. The molecule has 108 valence electrons. The Bertz CT molecular complexity index is 809. The molecule has 0 amide bonds. The van der Waals surface area contributed by atoms with Gasteiger partial charge in [-0.1, -0.05) is 0 Å². The Morgan fingerprint density at radius 2 is 2.10 bits per heavy atom. The number of benzene rings is 1. The molecule has 0 spiro atoms. The van der Waals surface area contributed by atoms with Gasteiger partial charge in [0.05, 0.1) is 17.2 Å². The van der Waals surface area contributed by atoms with E-state index in [0.717, 1.165) is 20.7 Å². The third kappa shape index (κ3) is 3.01. The van der Waals surface area contributed by atoms with Crippen LogP contribution in [-0.4, -0.2) is 21.6 Å². The van der Waals surface area contributed by atoms with Crippen LogP contribution in [0.25, 0.3) is 21.6 Å². The Kier molecular flexibility index (Phi) is 3.81. The highest BCUT2D eigenvalue weighted by atomic mass is 79.9. The fourth-order valence-corrected chi connectivity index (χ4v) is 3.21. The predicted molar refractivity (Wildman–Crippen MR) is 79.7 cm³/mol. The number of fused-ring (bicyclic) bond motifs is 1. The maximum atomic E-state index is 12.2. The summed E-state index contributed by atoms with van der Waals surface area (Å²) in [7, 11) is 0. The molecule has 0 atom stereocenters. The molecular formula is C13H8BrF2N3OS. The fourth-order valence-electron chi connectivity index (χ4n) is 1.94. The first kappa shape index (κ1) is 14.3. The van der Waals surface area contributed by atoms with Crippen molar-refractivity contribution in [1.82, 2.24) is 15.0 Å². The van der Waals surface area contributed by atoms with E-state index in [9.17, 15) is 8.78 Å². The first-order valence-electron chi connectivity index (χ1n) is 5.86. The topological polar surface area (TPSA) is 47.9 Å². The summed E-state index contributed by atoms with van der Waals surface area (Å²) in [5, 5.41) is 2.65. The third-order valence-corrected chi connectivity index (χ3v) is 4.27. The summed E-state index contributed by atoms with van der Waals surface area (Å²) < 4.78 is 29.5. The Hall–Kier alpha value is -1.67. The number of rotatable bonds is 3. The molecule has 0 aliphatic rings. The molecule has 0 saturated heterocycles. The second-order valence-electron chi connectivity index (χ2n) is 4.24. The molecule has 3 rings (SSSR count). The minimum Gasteiger partial charge on any atom is -0.415 e. The molecule has 0 fully saturated rings. The normalized spacial score (nSPS) is 11.3. The summed E-state index contributed by atoms with van der Waals surface area (Å²) in [6.07, 6.45) is 1.19. The monoisotopic (exact) mass is 371 g/mol. The molecular weight excluding hydrogens is 364 g/mol. The molecule has 0 bridgehead atoms. The zero-order chi connectivity index (χ0) is 15.0. The molecule has 0 N–H and O–H groups in total. The van der Waals surface area contributed by atoms with Gasteiger partial charge >= 0.3 is 6.61 Å². The number of aromatic nitrogens is 3. The number of hydrogen-bond donors (Lipinski definition) is 0. The van der Waals surface area contributed by atoms with Crippen LogP contribution in [0.4, 0.5) is 8.78 Å². The van der Waals surface area contributed by atoms with E-state index in [0.29, 0.717) is 11.0 Å². The van der Waals surface area contributed by atoms with Gasteiger partial charge in [-0.05, 0) is 40.5 Å². The summed E-state index contributed by atoms with van der Waals surface area (Å²) in [5.74, 6) is -0.200. The van der Waals surface area contributed by atoms with Gasteiger partial charge in [-0.2, -0.15) is 8.78 Å². The second kappa shape index (κ2) is 5.61. The molecule has 2 heterocycles. The Morgan fingerprint density at radius 3 is 2.76 bits per heavy atom. The fraction of sp³-hybridized carbons (Fsp3) is 0.154. The smallest absolute Gasteiger partial charge is 0.388 e. The summed E-state index contributed by atoms with van der Waals surface area (Å²) in [6.45, 7) is -1.02.